The minimum atomic E-state index is -1.22. The molecule has 9 atom stereocenters. The fourth-order valence-electron chi connectivity index (χ4n) is 6.61. The van der Waals surface area contributed by atoms with E-state index in [0.29, 0.717) is 17.0 Å². The van der Waals surface area contributed by atoms with Crippen molar-refractivity contribution < 1.29 is 38.7 Å². The molecule has 16 heteroatoms. The number of rotatable bonds is 13. The third kappa shape index (κ3) is 7.66. The number of thioether (sulfide) groups is 1. The second kappa shape index (κ2) is 15.9. The van der Waals surface area contributed by atoms with Crippen LogP contribution in [0.25, 0.3) is 11.1 Å². The number of β-lactam (4-membered cyclic amide) rings is 1. The lowest BCUT2D eigenvalue weighted by Gasteiger charge is -2.42. The lowest BCUT2D eigenvalue weighted by molar-refractivity contribution is -0.283. The Labute approximate surface area is 289 Å². The third-order valence-corrected chi connectivity index (χ3v) is 10.3. The van der Waals surface area contributed by atoms with Crippen molar-refractivity contribution in [2.24, 2.45) is 15.5 Å². The highest BCUT2D eigenvalue weighted by Gasteiger charge is 2.45. The molecule has 3 saturated heterocycles. The molecule has 3 aliphatic heterocycles. The van der Waals surface area contributed by atoms with Crippen LogP contribution in [0.2, 0.25) is 0 Å². The Hall–Kier alpha value is -4.03. The molecule has 1 amide bonds. The smallest absolute Gasteiger partial charge is 0.230 e. The number of ether oxygens (including phenoxy) is 3. The molecule has 6 rings (SSSR count). The number of nitrogens with zero attached hydrogens (tertiary/aromatic N) is 4. The van der Waals surface area contributed by atoms with Crippen LogP contribution in [0, 0.1) is 20.5 Å². The number of hydrogen-bond donors (Lipinski definition) is 3. The van der Waals surface area contributed by atoms with Crippen LogP contribution in [-0.4, -0.2) is 89.1 Å². The van der Waals surface area contributed by atoms with Crippen molar-refractivity contribution in [3.8, 4) is 11.1 Å². The predicted octanol–water partition coefficient (Wildman–Crippen LogP) is 4.73. The summed E-state index contributed by atoms with van der Waals surface area (Å²) in [6.45, 7) is -0.866. The van der Waals surface area contributed by atoms with Crippen molar-refractivity contribution in [2.45, 2.75) is 79.2 Å². The number of carbonyl (C=O) groups is 1. The van der Waals surface area contributed by atoms with E-state index >= 15 is 0 Å². The summed E-state index contributed by atoms with van der Waals surface area (Å²) in [5, 5.41) is 39.8. The van der Waals surface area contributed by atoms with E-state index in [0.717, 1.165) is 16.0 Å². The molecule has 0 radical (unpaired) electrons. The molecule has 264 valence electrons. The van der Waals surface area contributed by atoms with E-state index in [4.69, 9.17) is 14.2 Å². The Morgan fingerprint density at radius 3 is 2.32 bits per heavy atom. The van der Waals surface area contributed by atoms with E-state index in [-0.39, 0.29) is 37.4 Å². The van der Waals surface area contributed by atoms with Crippen LogP contribution in [0.4, 0.5) is 15.8 Å². The maximum absolute atomic E-state index is 13.4. The Bertz CT molecular complexity index is 1690. The number of halogens is 1. The van der Waals surface area contributed by atoms with Crippen molar-refractivity contribution >= 4 is 29.0 Å². The highest BCUT2D eigenvalue weighted by Crippen LogP contribution is 2.43. The Balaban J connectivity index is 1.06. The molecule has 0 bridgehead atoms. The summed E-state index contributed by atoms with van der Waals surface area (Å²) in [6, 6.07) is 17.0. The van der Waals surface area contributed by atoms with Crippen LogP contribution in [0.1, 0.15) is 30.9 Å². The van der Waals surface area contributed by atoms with Gasteiger partial charge >= 0.3 is 0 Å². The SMILES string of the molecule is O=NCC1OC(CSc2ccc(-c3ccc(C4CC(=O)N4c4ccc(F)cc4)c(N=O)c3)cc2)CC(O)C1OC1CC(O)[C@H](N=O)C(CO)O1. The zero-order chi connectivity index (χ0) is 35.4. The molecular formula is C34H35FN4O10S. The number of anilines is 1. The number of nitroso groups, excluding NO2 is 3. The first-order chi connectivity index (χ1) is 24.2. The van der Waals surface area contributed by atoms with Gasteiger partial charge in [-0.3, -0.25) is 4.79 Å². The normalized spacial score (nSPS) is 29.6. The fourth-order valence-corrected chi connectivity index (χ4v) is 7.53. The van der Waals surface area contributed by atoms with Crippen LogP contribution in [0.3, 0.4) is 0 Å². The molecule has 3 aromatic carbocycles. The molecule has 0 saturated carbocycles. The summed E-state index contributed by atoms with van der Waals surface area (Å²) in [6.07, 6.45) is -6.51. The van der Waals surface area contributed by atoms with Crippen molar-refractivity contribution in [2.75, 3.05) is 23.8 Å². The van der Waals surface area contributed by atoms with Crippen molar-refractivity contribution in [1.82, 2.24) is 0 Å². The zero-order valence-electron chi connectivity index (χ0n) is 26.6. The van der Waals surface area contributed by atoms with Gasteiger partial charge in [0.25, 0.3) is 0 Å². The number of hydrogen-bond acceptors (Lipinski definition) is 14. The predicted molar refractivity (Wildman–Crippen MR) is 180 cm³/mol. The van der Waals surface area contributed by atoms with Gasteiger partial charge in [0.2, 0.25) is 5.91 Å². The van der Waals surface area contributed by atoms with Gasteiger partial charge in [-0.05, 0) is 58.8 Å². The van der Waals surface area contributed by atoms with Gasteiger partial charge in [-0.15, -0.1) is 16.7 Å². The molecule has 0 spiro atoms. The standard InChI is InChI=1S/C34H35FN4O10S/c35-20-4-6-21(7-5-20)39-26(13-31(39)43)24-10-3-19(11-25(24)37-45)18-1-8-23(9-2-18)50-17-22-12-28(42)34(29(47-22)15-36-44)49-32-14-27(41)33(38-46)30(16-40)48-32/h1-11,22,26-30,32-34,40-42H,12-17H2/t22?,26?,27?,28?,29?,30?,32?,33-,34?/m0/s1. The van der Waals surface area contributed by atoms with Crippen molar-refractivity contribution in [3.63, 3.8) is 0 Å². The van der Waals surface area contributed by atoms with Crippen LogP contribution < -0.4 is 4.90 Å². The molecule has 8 unspecified atom stereocenters. The minimum Gasteiger partial charge on any atom is -0.394 e. The monoisotopic (exact) mass is 710 g/mol. The number of aliphatic hydroxyl groups excluding tert-OH is 3. The van der Waals surface area contributed by atoms with Gasteiger partial charge in [-0.2, -0.15) is 9.81 Å². The van der Waals surface area contributed by atoms with Crippen LogP contribution >= 0.6 is 11.8 Å². The van der Waals surface area contributed by atoms with E-state index in [1.54, 1.807) is 12.1 Å². The first-order valence-electron chi connectivity index (χ1n) is 16.1. The topological polar surface area (TPSA) is 197 Å². The number of aliphatic hydroxyl groups is 3. The largest absolute Gasteiger partial charge is 0.394 e. The fraction of sp³-hybridized carbons (Fsp3) is 0.441. The molecule has 14 nitrogen and oxygen atoms in total. The lowest BCUT2D eigenvalue weighted by atomic mass is 9.90. The van der Waals surface area contributed by atoms with Crippen molar-refractivity contribution in [3.05, 3.63) is 92.8 Å². The molecule has 50 heavy (non-hydrogen) atoms. The average Bonchev–Trinajstić information content (AvgIpc) is 3.12. The van der Waals surface area contributed by atoms with Crippen LogP contribution in [0.15, 0.2) is 87.2 Å². The minimum absolute atomic E-state index is 0.124. The molecular weight excluding hydrogens is 675 g/mol. The van der Waals surface area contributed by atoms with Gasteiger partial charge in [-0.25, -0.2) is 4.39 Å². The van der Waals surface area contributed by atoms with Gasteiger partial charge in [0.1, 0.15) is 42.4 Å². The van der Waals surface area contributed by atoms with Gasteiger partial charge in [-0.1, -0.05) is 34.6 Å². The highest BCUT2D eigenvalue weighted by molar-refractivity contribution is 7.99. The summed E-state index contributed by atoms with van der Waals surface area (Å²) in [5.41, 5.74) is 2.94. The molecule has 0 aromatic heterocycles. The van der Waals surface area contributed by atoms with Gasteiger partial charge in [0, 0.05) is 34.7 Å². The average molecular weight is 711 g/mol. The summed E-state index contributed by atoms with van der Waals surface area (Å²) in [5.74, 6) is -0.105. The number of carbonyl (C=O) groups excluding carboxylic acids is 1. The molecule has 3 fully saturated rings. The van der Waals surface area contributed by atoms with E-state index in [1.165, 1.54) is 40.9 Å². The Kier molecular flexibility index (Phi) is 11.4. The summed E-state index contributed by atoms with van der Waals surface area (Å²) >= 11 is 1.48. The lowest BCUT2D eigenvalue weighted by Crippen LogP contribution is -2.56. The summed E-state index contributed by atoms with van der Waals surface area (Å²) < 4.78 is 31.0. The van der Waals surface area contributed by atoms with Crippen LogP contribution in [-0.2, 0) is 19.0 Å². The second-order valence-electron chi connectivity index (χ2n) is 12.4. The van der Waals surface area contributed by atoms with Crippen LogP contribution in [0.5, 0.6) is 0 Å². The van der Waals surface area contributed by atoms with Gasteiger partial charge < -0.3 is 34.4 Å². The van der Waals surface area contributed by atoms with E-state index in [1.807, 2.05) is 30.3 Å². The van der Waals surface area contributed by atoms with E-state index in [9.17, 15) is 39.2 Å². The molecule has 3 heterocycles. The Morgan fingerprint density at radius 2 is 1.66 bits per heavy atom. The number of amides is 1. The maximum Gasteiger partial charge on any atom is 0.230 e. The van der Waals surface area contributed by atoms with Gasteiger partial charge in [0.15, 0.2) is 6.29 Å². The first kappa shape index (κ1) is 35.8. The molecule has 3 N–H and O–H groups in total. The van der Waals surface area contributed by atoms with E-state index < -0.39 is 67.4 Å². The maximum atomic E-state index is 13.4. The second-order valence-corrected chi connectivity index (χ2v) is 13.5. The Morgan fingerprint density at radius 1 is 0.920 bits per heavy atom. The summed E-state index contributed by atoms with van der Waals surface area (Å²) in [4.78, 5) is 49.0. The first-order valence-corrected chi connectivity index (χ1v) is 17.0. The number of benzene rings is 3. The zero-order valence-corrected chi connectivity index (χ0v) is 27.4. The van der Waals surface area contributed by atoms with Crippen molar-refractivity contribution in [1.29, 1.82) is 0 Å². The third-order valence-electron chi connectivity index (χ3n) is 9.18. The highest BCUT2D eigenvalue weighted by atomic mass is 32.2. The van der Waals surface area contributed by atoms with E-state index in [2.05, 4.69) is 15.5 Å². The molecule has 3 aliphatic rings. The molecule has 3 aromatic rings. The quantitative estimate of drug-likeness (QED) is 0.126. The molecule has 0 aliphatic carbocycles. The summed E-state index contributed by atoms with van der Waals surface area (Å²) in [7, 11) is 0. The van der Waals surface area contributed by atoms with Gasteiger partial charge in [0.05, 0.1) is 37.4 Å².